The summed E-state index contributed by atoms with van der Waals surface area (Å²) in [5, 5.41) is 2.58. The molecule has 0 aliphatic carbocycles. The average Bonchev–Trinajstić information content (AvgIpc) is 2.68. The number of nitrogens with zero attached hydrogens (tertiary/aromatic N) is 1. The molecule has 2 rings (SSSR count). The molecule has 1 atom stereocenters. The van der Waals surface area contributed by atoms with Crippen LogP contribution in [-0.2, 0) is 11.3 Å². The molecule has 1 N–H and O–H groups in total. The Labute approximate surface area is 111 Å². The Hall–Kier alpha value is -1.49. The molecule has 19 heavy (non-hydrogen) atoms. The van der Waals surface area contributed by atoms with E-state index in [1.807, 2.05) is 31.2 Å². The van der Waals surface area contributed by atoms with Gasteiger partial charge in [-0.2, -0.15) is 0 Å². The van der Waals surface area contributed by atoms with Crippen LogP contribution in [0.4, 0.5) is 8.78 Å². The van der Waals surface area contributed by atoms with Gasteiger partial charge in [-0.1, -0.05) is 29.8 Å². The highest BCUT2D eigenvalue weighted by Crippen LogP contribution is 2.26. The summed E-state index contributed by atoms with van der Waals surface area (Å²) in [6.45, 7) is 2.00. The average molecular weight is 268 g/mol. The fourth-order valence-electron chi connectivity index (χ4n) is 2.32. The van der Waals surface area contributed by atoms with Crippen molar-refractivity contribution in [3.63, 3.8) is 0 Å². The minimum atomic E-state index is -2.77. The smallest absolute Gasteiger partial charge is 0.262 e. The largest absolute Gasteiger partial charge is 0.340 e. The van der Waals surface area contributed by atoms with Gasteiger partial charge in [0.15, 0.2) is 0 Å². The third kappa shape index (κ3) is 3.50. The van der Waals surface area contributed by atoms with Crippen LogP contribution in [0.25, 0.3) is 0 Å². The van der Waals surface area contributed by atoms with Crippen molar-refractivity contribution in [2.75, 3.05) is 13.6 Å². The maximum atomic E-state index is 13.1. The van der Waals surface area contributed by atoms with Gasteiger partial charge in [0.25, 0.3) is 5.92 Å². The first-order chi connectivity index (χ1) is 8.87. The summed E-state index contributed by atoms with van der Waals surface area (Å²) in [7, 11) is 1.64. The predicted molar refractivity (Wildman–Crippen MR) is 69.0 cm³/mol. The zero-order valence-corrected chi connectivity index (χ0v) is 11.1. The molecule has 1 fully saturated rings. The van der Waals surface area contributed by atoms with Gasteiger partial charge in [-0.15, -0.1) is 0 Å². The third-order valence-corrected chi connectivity index (χ3v) is 3.29. The van der Waals surface area contributed by atoms with E-state index < -0.39 is 24.9 Å². The topological polar surface area (TPSA) is 32.3 Å². The highest BCUT2D eigenvalue weighted by Gasteiger charge is 2.43. The molecule has 104 valence electrons. The number of carbonyl (C=O) groups excluding carboxylic acids is 1. The SMILES string of the molecule is Cc1cccc(CN(C)C(=O)C2CC(F)(F)CN2)c1. The predicted octanol–water partition coefficient (Wildman–Crippen LogP) is 1.95. The molecule has 1 aromatic carbocycles. The number of likely N-dealkylation sites (N-methyl/N-ethyl adjacent to an activating group) is 1. The molecular weight excluding hydrogens is 250 g/mol. The van der Waals surface area contributed by atoms with E-state index in [2.05, 4.69) is 5.32 Å². The van der Waals surface area contributed by atoms with Crippen LogP contribution in [0.1, 0.15) is 17.5 Å². The number of alkyl halides is 2. The monoisotopic (exact) mass is 268 g/mol. The summed E-state index contributed by atoms with van der Waals surface area (Å²) < 4.78 is 26.1. The van der Waals surface area contributed by atoms with Crippen LogP contribution in [0, 0.1) is 6.92 Å². The minimum absolute atomic E-state index is 0.279. The lowest BCUT2D eigenvalue weighted by Crippen LogP contribution is -2.41. The fourth-order valence-corrected chi connectivity index (χ4v) is 2.32. The zero-order chi connectivity index (χ0) is 14.0. The molecule has 1 heterocycles. The van der Waals surface area contributed by atoms with Crippen LogP contribution in [0.5, 0.6) is 0 Å². The third-order valence-electron chi connectivity index (χ3n) is 3.29. The fraction of sp³-hybridized carbons (Fsp3) is 0.500. The van der Waals surface area contributed by atoms with Crippen LogP contribution in [-0.4, -0.2) is 36.4 Å². The van der Waals surface area contributed by atoms with Crippen LogP contribution >= 0.6 is 0 Å². The number of hydrogen-bond donors (Lipinski definition) is 1. The summed E-state index contributed by atoms with van der Waals surface area (Å²) in [6.07, 6.45) is -0.413. The van der Waals surface area contributed by atoms with Crippen LogP contribution in [0.2, 0.25) is 0 Å². The van der Waals surface area contributed by atoms with E-state index >= 15 is 0 Å². The standard InChI is InChI=1S/C14H18F2N2O/c1-10-4-3-5-11(6-10)8-18(2)13(19)12-7-14(15,16)9-17-12/h3-6,12,17H,7-9H2,1-2H3. The lowest BCUT2D eigenvalue weighted by molar-refractivity contribution is -0.132. The van der Waals surface area contributed by atoms with Crippen molar-refractivity contribution in [3.05, 3.63) is 35.4 Å². The molecule has 0 saturated carbocycles. The van der Waals surface area contributed by atoms with Gasteiger partial charge < -0.3 is 4.90 Å². The van der Waals surface area contributed by atoms with E-state index in [-0.39, 0.29) is 5.91 Å². The van der Waals surface area contributed by atoms with Gasteiger partial charge in [0.2, 0.25) is 5.91 Å². The van der Waals surface area contributed by atoms with Gasteiger partial charge in [0, 0.05) is 20.0 Å². The molecule has 0 bridgehead atoms. The van der Waals surface area contributed by atoms with Gasteiger partial charge in [-0.05, 0) is 12.5 Å². The summed E-state index contributed by atoms with van der Waals surface area (Å²) in [4.78, 5) is 13.5. The van der Waals surface area contributed by atoms with E-state index in [0.29, 0.717) is 6.54 Å². The minimum Gasteiger partial charge on any atom is -0.340 e. The second kappa shape index (κ2) is 5.25. The summed E-state index contributed by atoms with van der Waals surface area (Å²) in [5.74, 6) is -3.05. The van der Waals surface area contributed by atoms with Crippen molar-refractivity contribution >= 4 is 5.91 Å². The van der Waals surface area contributed by atoms with Gasteiger partial charge in [-0.3, -0.25) is 10.1 Å². The van der Waals surface area contributed by atoms with Crippen LogP contribution < -0.4 is 5.32 Å². The number of aryl methyl sites for hydroxylation is 1. The van der Waals surface area contributed by atoms with E-state index in [9.17, 15) is 13.6 Å². The zero-order valence-electron chi connectivity index (χ0n) is 11.1. The highest BCUT2D eigenvalue weighted by molar-refractivity contribution is 5.82. The summed E-state index contributed by atoms with van der Waals surface area (Å²) in [5.41, 5.74) is 2.12. The Morgan fingerprint density at radius 1 is 1.53 bits per heavy atom. The van der Waals surface area contributed by atoms with Gasteiger partial charge >= 0.3 is 0 Å². The second-order valence-corrected chi connectivity index (χ2v) is 5.18. The number of hydrogen-bond acceptors (Lipinski definition) is 2. The van der Waals surface area contributed by atoms with Gasteiger partial charge in [0.05, 0.1) is 12.6 Å². The van der Waals surface area contributed by atoms with Crippen LogP contribution in [0.3, 0.4) is 0 Å². The van der Waals surface area contributed by atoms with E-state index in [0.717, 1.165) is 11.1 Å². The Morgan fingerprint density at radius 3 is 2.84 bits per heavy atom. The van der Waals surface area contributed by atoms with Crippen molar-refractivity contribution in [1.29, 1.82) is 0 Å². The highest BCUT2D eigenvalue weighted by atomic mass is 19.3. The van der Waals surface area contributed by atoms with Gasteiger partial charge in [0.1, 0.15) is 0 Å². The molecule has 5 heteroatoms. The Morgan fingerprint density at radius 2 is 2.26 bits per heavy atom. The summed E-state index contributed by atoms with van der Waals surface area (Å²) >= 11 is 0. The van der Waals surface area contributed by atoms with Gasteiger partial charge in [-0.25, -0.2) is 8.78 Å². The molecule has 1 aromatic rings. The molecule has 1 aliphatic heterocycles. The molecule has 1 amide bonds. The lowest BCUT2D eigenvalue weighted by Gasteiger charge is -2.21. The molecule has 0 radical (unpaired) electrons. The first-order valence-corrected chi connectivity index (χ1v) is 6.29. The Bertz CT molecular complexity index is 476. The molecule has 1 saturated heterocycles. The number of amides is 1. The Kier molecular flexibility index (Phi) is 3.85. The maximum absolute atomic E-state index is 13.1. The molecule has 0 spiro atoms. The van der Waals surface area contributed by atoms with Crippen LogP contribution in [0.15, 0.2) is 24.3 Å². The summed E-state index contributed by atoms with van der Waals surface area (Å²) in [6, 6.07) is 7.04. The van der Waals surface area contributed by atoms with E-state index in [1.165, 1.54) is 4.90 Å². The van der Waals surface area contributed by atoms with Crippen molar-refractivity contribution < 1.29 is 13.6 Å². The first kappa shape index (κ1) is 13.9. The lowest BCUT2D eigenvalue weighted by atomic mass is 10.1. The second-order valence-electron chi connectivity index (χ2n) is 5.18. The quantitative estimate of drug-likeness (QED) is 0.908. The molecule has 1 aliphatic rings. The molecular formula is C14H18F2N2O. The maximum Gasteiger partial charge on any atom is 0.262 e. The number of nitrogens with one attached hydrogen (secondary N) is 1. The molecule has 0 aromatic heterocycles. The van der Waals surface area contributed by atoms with Crippen molar-refractivity contribution in [2.24, 2.45) is 0 Å². The number of carbonyl (C=O) groups is 1. The number of halogens is 2. The van der Waals surface area contributed by atoms with E-state index in [1.54, 1.807) is 7.05 Å². The number of rotatable bonds is 3. The first-order valence-electron chi connectivity index (χ1n) is 6.29. The van der Waals surface area contributed by atoms with Crippen molar-refractivity contribution in [1.82, 2.24) is 10.2 Å². The molecule has 1 unspecified atom stereocenters. The normalized spacial score (nSPS) is 21.4. The van der Waals surface area contributed by atoms with E-state index in [4.69, 9.17) is 0 Å². The van der Waals surface area contributed by atoms with Crippen molar-refractivity contribution in [2.45, 2.75) is 31.9 Å². The number of benzene rings is 1. The molecule has 3 nitrogen and oxygen atoms in total. The Balaban J connectivity index is 1.97. The van der Waals surface area contributed by atoms with Crippen molar-refractivity contribution in [3.8, 4) is 0 Å².